The number of para-hydroxylation sites is 2. The number of nitrogens with zero attached hydrogens (tertiary/aromatic N) is 2. The number of benzene rings is 2. The number of carbonyl (C=O) groups is 1. The average Bonchev–Trinajstić information content (AvgIpc) is 3.20. The SMILES string of the molecule is CCN1C[C@H](CN(C)C(=O)/C=C/c2cc(Cl)c3c(c2)OCO3)Oc2ccccc21. The Morgan fingerprint density at radius 1 is 1.28 bits per heavy atom. The van der Waals surface area contributed by atoms with Crippen LogP contribution in [0.4, 0.5) is 5.69 Å². The fourth-order valence-corrected chi connectivity index (χ4v) is 3.82. The van der Waals surface area contributed by atoms with E-state index in [0.717, 1.165) is 30.1 Å². The lowest BCUT2D eigenvalue weighted by Gasteiger charge is -2.37. The molecule has 4 rings (SSSR count). The minimum Gasteiger partial charge on any atom is -0.485 e. The lowest BCUT2D eigenvalue weighted by atomic mass is 10.1. The van der Waals surface area contributed by atoms with Gasteiger partial charge in [0.05, 0.1) is 23.8 Å². The van der Waals surface area contributed by atoms with Crippen LogP contribution in [0.15, 0.2) is 42.5 Å². The molecule has 1 atom stereocenters. The fourth-order valence-electron chi connectivity index (χ4n) is 3.55. The van der Waals surface area contributed by atoms with Gasteiger partial charge in [-0.3, -0.25) is 4.79 Å². The fraction of sp³-hybridized carbons (Fsp3) is 0.318. The Labute approximate surface area is 175 Å². The van der Waals surface area contributed by atoms with E-state index < -0.39 is 0 Å². The molecule has 6 nitrogen and oxygen atoms in total. The van der Waals surface area contributed by atoms with Crippen LogP contribution in [0.1, 0.15) is 12.5 Å². The van der Waals surface area contributed by atoms with Gasteiger partial charge >= 0.3 is 0 Å². The molecule has 0 fully saturated rings. The van der Waals surface area contributed by atoms with Crippen LogP contribution >= 0.6 is 11.6 Å². The molecule has 0 aromatic heterocycles. The molecule has 2 aliphatic heterocycles. The van der Waals surface area contributed by atoms with Gasteiger partial charge in [-0.25, -0.2) is 0 Å². The van der Waals surface area contributed by atoms with E-state index in [9.17, 15) is 4.79 Å². The Balaban J connectivity index is 1.40. The van der Waals surface area contributed by atoms with Gasteiger partial charge in [-0.2, -0.15) is 0 Å². The Morgan fingerprint density at radius 3 is 2.93 bits per heavy atom. The molecule has 0 saturated heterocycles. The normalized spacial score (nSPS) is 17.2. The first-order chi connectivity index (χ1) is 14.0. The number of carbonyl (C=O) groups excluding carboxylic acids is 1. The number of halogens is 1. The minimum absolute atomic E-state index is 0.0906. The summed E-state index contributed by atoms with van der Waals surface area (Å²) >= 11 is 6.19. The van der Waals surface area contributed by atoms with Crippen molar-refractivity contribution in [2.45, 2.75) is 13.0 Å². The molecule has 2 aliphatic rings. The van der Waals surface area contributed by atoms with E-state index in [0.29, 0.717) is 23.1 Å². The summed E-state index contributed by atoms with van der Waals surface area (Å²) < 4.78 is 16.8. The first-order valence-electron chi connectivity index (χ1n) is 9.58. The topological polar surface area (TPSA) is 51.2 Å². The molecule has 0 N–H and O–H groups in total. The standard InChI is InChI=1S/C22H23ClN2O4/c1-3-25-13-16(29-19-7-5-4-6-18(19)25)12-24(2)21(26)9-8-15-10-17(23)22-20(11-15)27-14-28-22/h4-11,16H,3,12-14H2,1-2H3/b9-8+/t16-/m0/s1. The van der Waals surface area contributed by atoms with Crippen molar-refractivity contribution >= 4 is 29.3 Å². The first kappa shape index (κ1) is 19.5. The van der Waals surface area contributed by atoms with Crippen LogP contribution in [0.3, 0.4) is 0 Å². The highest BCUT2D eigenvalue weighted by Gasteiger charge is 2.26. The molecule has 29 heavy (non-hydrogen) atoms. The second kappa shape index (κ2) is 8.25. The quantitative estimate of drug-likeness (QED) is 0.696. The molecule has 1 amide bonds. The minimum atomic E-state index is -0.107. The Bertz CT molecular complexity index is 946. The van der Waals surface area contributed by atoms with Gasteiger partial charge in [0.15, 0.2) is 11.5 Å². The molecule has 0 aliphatic carbocycles. The zero-order valence-electron chi connectivity index (χ0n) is 16.4. The van der Waals surface area contributed by atoms with Gasteiger partial charge in [-0.1, -0.05) is 23.7 Å². The van der Waals surface area contributed by atoms with E-state index in [1.807, 2.05) is 18.2 Å². The number of hydrogen-bond acceptors (Lipinski definition) is 5. The third-order valence-electron chi connectivity index (χ3n) is 5.03. The van der Waals surface area contributed by atoms with Crippen LogP contribution in [0, 0.1) is 0 Å². The molecule has 0 spiro atoms. The van der Waals surface area contributed by atoms with Crippen LogP contribution in [0.25, 0.3) is 6.08 Å². The third kappa shape index (κ3) is 4.12. The van der Waals surface area contributed by atoms with E-state index in [1.165, 1.54) is 6.08 Å². The highest BCUT2D eigenvalue weighted by Crippen LogP contribution is 2.40. The van der Waals surface area contributed by atoms with Crippen molar-refractivity contribution in [1.82, 2.24) is 4.90 Å². The van der Waals surface area contributed by atoms with E-state index in [1.54, 1.807) is 30.2 Å². The maximum Gasteiger partial charge on any atom is 0.246 e. The van der Waals surface area contributed by atoms with Crippen LogP contribution < -0.4 is 19.1 Å². The molecule has 152 valence electrons. The van der Waals surface area contributed by atoms with E-state index in [-0.39, 0.29) is 18.8 Å². The van der Waals surface area contributed by atoms with Gasteiger partial charge < -0.3 is 24.0 Å². The van der Waals surface area contributed by atoms with Crippen LogP contribution in [0.2, 0.25) is 5.02 Å². The number of amides is 1. The zero-order chi connectivity index (χ0) is 20.4. The highest BCUT2D eigenvalue weighted by molar-refractivity contribution is 6.32. The summed E-state index contributed by atoms with van der Waals surface area (Å²) in [6.07, 6.45) is 3.16. The smallest absolute Gasteiger partial charge is 0.246 e. The van der Waals surface area contributed by atoms with E-state index in [4.69, 9.17) is 25.8 Å². The van der Waals surface area contributed by atoms with Crippen molar-refractivity contribution in [3.05, 3.63) is 53.1 Å². The molecular formula is C22H23ClN2O4. The van der Waals surface area contributed by atoms with Gasteiger partial charge in [-0.05, 0) is 42.8 Å². The molecule has 0 unspecified atom stereocenters. The number of ether oxygens (including phenoxy) is 3. The van der Waals surface area contributed by atoms with Gasteiger partial charge in [0, 0.05) is 19.7 Å². The van der Waals surface area contributed by atoms with E-state index in [2.05, 4.69) is 17.9 Å². The Morgan fingerprint density at radius 2 is 2.10 bits per heavy atom. The van der Waals surface area contributed by atoms with Gasteiger partial charge in [0.2, 0.25) is 12.7 Å². The largest absolute Gasteiger partial charge is 0.485 e. The number of fused-ring (bicyclic) bond motifs is 2. The maximum absolute atomic E-state index is 12.6. The highest BCUT2D eigenvalue weighted by atomic mass is 35.5. The van der Waals surface area contributed by atoms with Crippen molar-refractivity contribution in [3.8, 4) is 17.2 Å². The van der Waals surface area contributed by atoms with Crippen LogP contribution in [-0.4, -0.2) is 50.4 Å². The molecule has 2 aromatic rings. The van der Waals surface area contributed by atoms with E-state index >= 15 is 0 Å². The molecule has 2 aromatic carbocycles. The van der Waals surface area contributed by atoms with Crippen molar-refractivity contribution in [1.29, 1.82) is 0 Å². The van der Waals surface area contributed by atoms with Crippen molar-refractivity contribution in [2.75, 3.05) is 38.4 Å². The van der Waals surface area contributed by atoms with Gasteiger partial charge in [-0.15, -0.1) is 0 Å². The predicted molar refractivity (Wildman–Crippen MR) is 113 cm³/mol. The summed E-state index contributed by atoms with van der Waals surface area (Å²) in [5.41, 5.74) is 1.88. The predicted octanol–water partition coefficient (Wildman–Crippen LogP) is 3.83. The lowest BCUT2D eigenvalue weighted by molar-refractivity contribution is -0.125. The summed E-state index contributed by atoms with van der Waals surface area (Å²) in [4.78, 5) is 16.5. The van der Waals surface area contributed by atoms with Crippen LogP contribution in [0.5, 0.6) is 17.2 Å². The monoisotopic (exact) mass is 414 g/mol. The Kier molecular flexibility index (Phi) is 5.53. The number of anilines is 1. The molecule has 7 heteroatoms. The van der Waals surface area contributed by atoms with Gasteiger partial charge in [0.1, 0.15) is 11.9 Å². The molecule has 2 heterocycles. The molecule has 0 radical (unpaired) electrons. The van der Waals surface area contributed by atoms with Crippen molar-refractivity contribution in [3.63, 3.8) is 0 Å². The first-order valence-corrected chi connectivity index (χ1v) is 9.96. The summed E-state index contributed by atoms with van der Waals surface area (Å²) in [5.74, 6) is 1.88. The number of hydrogen-bond donors (Lipinski definition) is 0. The second-order valence-electron chi connectivity index (χ2n) is 7.03. The number of rotatable bonds is 5. The second-order valence-corrected chi connectivity index (χ2v) is 7.44. The van der Waals surface area contributed by atoms with Gasteiger partial charge in [0.25, 0.3) is 0 Å². The zero-order valence-corrected chi connectivity index (χ0v) is 17.2. The third-order valence-corrected chi connectivity index (χ3v) is 5.31. The molecular weight excluding hydrogens is 392 g/mol. The lowest BCUT2D eigenvalue weighted by Crippen LogP contribution is -2.46. The molecule has 0 bridgehead atoms. The number of likely N-dealkylation sites (N-methyl/N-ethyl adjacent to an activating group) is 2. The summed E-state index contributed by atoms with van der Waals surface area (Å²) in [6.45, 7) is 4.40. The summed E-state index contributed by atoms with van der Waals surface area (Å²) in [5, 5.41) is 0.467. The Hall–Kier alpha value is -2.86. The van der Waals surface area contributed by atoms with Crippen molar-refractivity contribution in [2.24, 2.45) is 0 Å². The molecule has 0 saturated carbocycles. The maximum atomic E-state index is 12.6. The summed E-state index contributed by atoms with van der Waals surface area (Å²) in [7, 11) is 1.78. The van der Waals surface area contributed by atoms with Crippen LogP contribution in [-0.2, 0) is 4.79 Å². The van der Waals surface area contributed by atoms with Crippen molar-refractivity contribution < 1.29 is 19.0 Å². The summed E-state index contributed by atoms with van der Waals surface area (Å²) in [6, 6.07) is 11.5. The average molecular weight is 415 g/mol.